The Kier molecular flexibility index (Phi) is 4.39. The van der Waals surface area contributed by atoms with Crippen LogP contribution in [0.15, 0.2) is 78.9 Å². The van der Waals surface area contributed by atoms with Crippen LogP contribution in [-0.4, -0.2) is 13.0 Å². The Labute approximate surface area is 135 Å². The number of hydrogen-bond acceptors (Lipinski definition) is 2. The van der Waals surface area contributed by atoms with Crippen LogP contribution in [0.3, 0.4) is 0 Å². The van der Waals surface area contributed by atoms with Crippen LogP contribution in [0.2, 0.25) is 0 Å². The van der Waals surface area contributed by atoms with Crippen molar-refractivity contribution in [2.45, 2.75) is 0 Å². The topological polar surface area (TPSA) is 38.3 Å². The molecule has 0 aromatic heterocycles. The van der Waals surface area contributed by atoms with Gasteiger partial charge in [-0.1, -0.05) is 60.7 Å². The quantitative estimate of drug-likeness (QED) is 0.764. The Morgan fingerprint density at radius 3 is 2.26 bits per heavy atom. The molecule has 0 heterocycles. The monoisotopic (exact) mass is 303 g/mol. The fourth-order valence-corrected chi connectivity index (χ4v) is 2.49. The molecule has 0 saturated heterocycles. The summed E-state index contributed by atoms with van der Waals surface area (Å²) in [6.07, 6.45) is 0. The normalized spacial score (nSPS) is 10.1. The maximum atomic E-state index is 12.7. The van der Waals surface area contributed by atoms with E-state index in [1.54, 1.807) is 7.11 Å². The average molecular weight is 303 g/mol. The molecule has 0 saturated carbocycles. The van der Waals surface area contributed by atoms with Gasteiger partial charge in [-0.2, -0.15) is 0 Å². The molecule has 23 heavy (non-hydrogen) atoms. The summed E-state index contributed by atoms with van der Waals surface area (Å²) in [7, 11) is 1.59. The van der Waals surface area contributed by atoms with Crippen molar-refractivity contribution in [3.63, 3.8) is 0 Å². The van der Waals surface area contributed by atoms with E-state index in [0.717, 1.165) is 11.1 Å². The van der Waals surface area contributed by atoms with Gasteiger partial charge in [0, 0.05) is 5.56 Å². The van der Waals surface area contributed by atoms with E-state index in [9.17, 15) is 4.79 Å². The largest absolute Gasteiger partial charge is 0.495 e. The standard InChI is InChI=1S/C20H17NO2/c1-23-19-14-8-7-13-18(19)21-20(22)17-12-6-5-11-16(17)15-9-3-2-4-10-15/h2-14H,1H3,(H,21,22). The number of hydrogen-bond donors (Lipinski definition) is 1. The van der Waals surface area contributed by atoms with Gasteiger partial charge in [-0.05, 0) is 29.3 Å². The van der Waals surface area contributed by atoms with Gasteiger partial charge in [-0.15, -0.1) is 0 Å². The molecule has 1 amide bonds. The van der Waals surface area contributed by atoms with E-state index in [0.29, 0.717) is 17.0 Å². The van der Waals surface area contributed by atoms with Crippen molar-refractivity contribution >= 4 is 11.6 Å². The number of para-hydroxylation sites is 2. The highest BCUT2D eigenvalue weighted by molar-refractivity contribution is 6.09. The first kappa shape index (κ1) is 14.9. The summed E-state index contributed by atoms with van der Waals surface area (Å²) in [6.45, 7) is 0. The van der Waals surface area contributed by atoms with Crippen LogP contribution >= 0.6 is 0 Å². The van der Waals surface area contributed by atoms with Crippen LogP contribution in [0, 0.1) is 0 Å². The molecule has 3 rings (SSSR count). The molecule has 0 unspecified atom stereocenters. The van der Waals surface area contributed by atoms with Crippen molar-refractivity contribution in [1.29, 1.82) is 0 Å². The number of methoxy groups -OCH3 is 1. The van der Waals surface area contributed by atoms with E-state index < -0.39 is 0 Å². The van der Waals surface area contributed by atoms with E-state index in [1.165, 1.54) is 0 Å². The number of amides is 1. The molecule has 0 spiro atoms. The minimum atomic E-state index is -0.158. The van der Waals surface area contributed by atoms with Crippen LogP contribution in [0.4, 0.5) is 5.69 Å². The number of ether oxygens (including phenoxy) is 1. The average Bonchev–Trinajstić information content (AvgIpc) is 2.63. The molecule has 0 bridgehead atoms. The van der Waals surface area contributed by atoms with Gasteiger partial charge in [0.15, 0.2) is 0 Å². The lowest BCUT2D eigenvalue weighted by Gasteiger charge is -2.12. The zero-order valence-electron chi connectivity index (χ0n) is 12.8. The second-order valence-corrected chi connectivity index (χ2v) is 5.07. The number of carbonyl (C=O) groups excluding carboxylic acids is 1. The minimum absolute atomic E-state index is 0.158. The Morgan fingerprint density at radius 1 is 0.826 bits per heavy atom. The second kappa shape index (κ2) is 6.79. The number of carbonyl (C=O) groups is 1. The third kappa shape index (κ3) is 3.24. The molecule has 3 aromatic rings. The Morgan fingerprint density at radius 2 is 1.48 bits per heavy atom. The van der Waals surface area contributed by atoms with E-state index in [-0.39, 0.29) is 5.91 Å². The molecule has 0 fully saturated rings. The fraction of sp³-hybridized carbons (Fsp3) is 0.0500. The maximum absolute atomic E-state index is 12.7. The van der Waals surface area contributed by atoms with Crippen LogP contribution in [0.1, 0.15) is 10.4 Å². The van der Waals surface area contributed by atoms with Gasteiger partial charge >= 0.3 is 0 Å². The number of anilines is 1. The fourth-order valence-electron chi connectivity index (χ4n) is 2.49. The van der Waals surface area contributed by atoms with Crippen molar-refractivity contribution in [2.24, 2.45) is 0 Å². The van der Waals surface area contributed by atoms with E-state index in [2.05, 4.69) is 5.32 Å². The highest BCUT2D eigenvalue weighted by atomic mass is 16.5. The number of rotatable bonds is 4. The summed E-state index contributed by atoms with van der Waals surface area (Å²) < 4.78 is 5.28. The highest BCUT2D eigenvalue weighted by Gasteiger charge is 2.14. The van der Waals surface area contributed by atoms with Crippen molar-refractivity contribution in [3.05, 3.63) is 84.4 Å². The van der Waals surface area contributed by atoms with Gasteiger partial charge in [-0.25, -0.2) is 0 Å². The molecule has 0 radical (unpaired) electrons. The molecule has 114 valence electrons. The Hall–Kier alpha value is -3.07. The predicted octanol–water partition coefficient (Wildman–Crippen LogP) is 4.61. The Bertz CT molecular complexity index is 813. The van der Waals surface area contributed by atoms with Crippen molar-refractivity contribution in [3.8, 4) is 16.9 Å². The lowest BCUT2D eigenvalue weighted by Crippen LogP contribution is -2.13. The SMILES string of the molecule is COc1ccccc1NC(=O)c1ccccc1-c1ccccc1. The zero-order chi connectivity index (χ0) is 16.1. The van der Waals surface area contributed by atoms with Crippen LogP contribution in [0.5, 0.6) is 5.75 Å². The lowest BCUT2D eigenvalue weighted by molar-refractivity contribution is 0.102. The third-order valence-electron chi connectivity index (χ3n) is 3.61. The maximum Gasteiger partial charge on any atom is 0.256 e. The third-order valence-corrected chi connectivity index (χ3v) is 3.61. The molecule has 3 nitrogen and oxygen atoms in total. The van der Waals surface area contributed by atoms with Crippen molar-refractivity contribution in [2.75, 3.05) is 12.4 Å². The molecule has 0 aliphatic carbocycles. The first-order valence-corrected chi connectivity index (χ1v) is 7.38. The van der Waals surface area contributed by atoms with E-state index in [1.807, 2.05) is 78.9 Å². The summed E-state index contributed by atoms with van der Waals surface area (Å²) in [4.78, 5) is 12.7. The highest BCUT2D eigenvalue weighted by Crippen LogP contribution is 2.27. The van der Waals surface area contributed by atoms with Gasteiger partial charge in [0.2, 0.25) is 0 Å². The molecule has 0 aliphatic rings. The summed E-state index contributed by atoms with van der Waals surface area (Å²) in [5.41, 5.74) is 3.20. The van der Waals surface area contributed by atoms with E-state index in [4.69, 9.17) is 4.74 Å². The van der Waals surface area contributed by atoms with Crippen LogP contribution in [0.25, 0.3) is 11.1 Å². The van der Waals surface area contributed by atoms with Crippen LogP contribution in [-0.2, 0) is 0 Å². The summed E-state index contributed by atoms with van der Waals surface area (Å²) in [6, 6.07) is 24.8. The van der Waals surface area contributed by atoms with Gasteiger partial charge in [0.25, 0.3) is 5.91 Å². The summed E-state index contributed by atoms with van der Waals surface area (Å²) >= 11 is 0. The predicted molar refractivity (Wildman–Crippen MR) is 92.8 cm³/mol. The molecule has 0 atom stereocenters. The molecule has 1 N–H and O–H groups in total. The lowest BCUT2D eigenvalue weighted by atomic mass is 9.99. The van der Waals surface area contributed by atoms with Crippen molar-refractivity contribution in [1.82, 2.24) is 0 Å². The molecule has 3 aromatic carbocycles. The smallest absolute Gasteiger partial charge is 0.256 e. The van der Waals surface area contributed by atoms with Gasteiger partial charge in [0.1, 0.15) is 5.75 Å². The first-order chi connectivity index (χ1) is 11.3. The van der Waals surface area contributed by atoms with Gasteiger partial charge in [-0.3, -0.25) is 4.79 Å². The van der Waals surface area contributed by atoms with Crippen LogP contribution < -0.4 is 10.1 Å². The van der Waals surface area contributed by atoms with Gasteiger partial charge < -0.3 is 10.1 Å². The van der Waals surface area contributed by atoms with E-state index >= 15 is 0 Å². The molecular weight excluding hydrogens is 286 g/mol. The minimum Gasteiger partial charge on any atom is -0.495 e. The number of benzene rings is 3. The first-order valence-electron chi connectivity index (χ1n) is 7.38. The number of nitrogens with one attached hydrogen (secondary N) is 1. The molecular formula is C20H17NO2. The zero-order valence-corrected chi connectivity index (χ0v) is 12.8. The Balaban J connectivity index is 1.95. The molecule has 0 aliphatic heterocycles. The van der Waals surface area contributed by atoms with Gasteiger partial charge in [0.05, 0.1) is 12.8 Å². The second-order valence-electron chi connectivity index (χ2n) is 5.07. The summed E-state index contributed by atoms with van der Waals surface area (Å²) in [5.74, 6) is 0.479. The summed E-state index contributed by atoms with van der Waals surface area (Å²) in [5, 5.41) is 2.92. The molecule has 3 heteroatoms. The van der Waals surface area contributed by atoms with Crippen molar-refractivity contribution < 1.29 is 9.53 Å².